The van der Waals surface area contributed by atoms with E-state index in [9.17, 15) is 0 Å². The minimum absolute atomic E-state index is 0.352. The van der Waals surface area contributed by atoms with Crippen molar-refractivity contribution in [2.24, 2.45) is 5.73 Å². The van der Waals surface area contributed by atoms with Crippen LogP contribution >= 0.6 is 11.3 Å². The highest BCUT2D eigenvalue weighted by Gasteiger charge is 2.13. The highest BCUT2D eigenvalue weighted by Crippen LogP contribution is 2.26. The first-order chi connectivity index (χ1) is 11.8. The number of ether oxygens (including phenoxy) is 1. The fourth-order valence-corrected chi connectivity index (χ4v) is 3.74. The molecule has 0 saturated carbocycles. The van der Waals surface area contributed by atoms with Crippen molar-refractivity contribution in [2.75, 3.05) is 6.54 Å². The van der Waals surface area contributed by atoms with Gasteiger partial charge in [0.25, 0.3) is 0 Å². The second-order valence-corrected chi connectivity index (χ2v) is 7.01. The molecule has 0 fully saturated rings. The van der Waals surface area contributed by atoms with Crippen LogP contribution in [0.5, 0.6) is 5.75 Å². The first kappa shape index (κ1) is 16.7. The van der Waals surface area contributed by atoms with E-state index in [2.05, 4.69) is 42.6 Å². The van der Waals surface area contributed by atoms with Gasteiger partial charge in [0.1, 0.15) is 12.4 Å². The molecule has 2 nitrogen and oxygen atoms in total. The summed E-state index contributed by atoms with van der Waals surface area (Å²) in [6, 6.07) is 20.8. The van der Waals surface area contributed by atoms with Gasteiger partial charge in [0.15, 0.2) is 0 Å². The zero-order valence-corrected chi connectivity index (χ0v) is 14.8. The Hall–Kier alpha value is -2.10. The van der Waals surface area contributed by atoms with Crippen LogP contribution in [0.3, 0.4) is 0 Å². The lowest BCUT2D eigenvalue weighted by Crippen LogP contribution is -2.14. The van der Waals surface area contributed by atoms with Crippen LogP contribution in [0.25, 0.3) is 0 Å². The monoisotopic (exact) mass is 337 g/mol. The van der Waals surface area contributed by atoms with E-state index in [1.54, 1.807) is 0 Å². The second kappa shape index (κ2) is 8.13. The quantitative estimate of drug-likeness (QED) is 0.664. The van der Waals surface area contributed by atoms with Crippen LogP contribution in [0, 0.1) is 6.92 Å². The maximum absolute atomic E-state index is 6.02. The van der Waals surface area contributed by atoms with Crippen LogP contribution in [0.15, 0.2) is 66.0 Å². The average Bonchev–Trinajstić information content (AvgIpc) is 3.04. The van der Waals surface area contributed by atoms with Crippen LogP contribution in [0.2, 0.25) is 0 Å². The van der Waals surface area contributed by atoms with Gasteiger partial charge in [0.2, 0.25) is 0 Å². The van der Waals surface area contributed by atoms with Gasteiger partial charge in [-0.05, 0) is 60.2 Å². The van der Waals surface area contributed by atoms with Crippen molar-refractivity contribution >= 4 is 11.3 Å². The third-order valence-electron chi connectivity index (χ3n) is 4.28. The van der Waals surface area contributed by atoms with E-state index >= 15 is 0 Å². The van der Waals surface area contributed by atoms with Crippen molar-refractivity contribution < 1.29 is 4.74 Å². The van der Waals surface area contributed by atoms with Crippen LogP contribution in [0.4, 0.5) is 0 Å². The Morgan fingerprint density at radius 1 is 1.00 bits per heavy atom. The molecular weight excluding hydrogens is 314 g/mol. The number of hydrogen-bond donors (Lipinski definition) is 1. The maximum Gasteiger partial charge on any atom is 0.119 e. The summed E-state index contributed by atoms with van der Waals surface area (Å²) in [5, 5.41) is 2.15. The van der Waals surface area contributed by atoms with Crippen molar-refractivity contribution in [3.05, 3.63) is 87.6 Å². The largest absolute Gasteiger partial charge is 0.489 e. The summed E-state index contributed by atoms with van der Waals surface area (Å²) >= 11 is 1.82. The predicted molar refractivity (Wildman–Crippen MR) is 102 cm³/mol. The van der Waals surface area contributed by atoms with Gasteiger partial charge in [-0.15, -0.1) is 11.3 Å². The molecule has 1 atom stereocenters. The second-order valence-electron chi connectivity index (χ2n) is 6.01. The number of aryl methyl sites for hydroxylation is 1. The van der Waals surface area contributed by atoms with Gasteiger partial charge >= 0.3 is 0 Å². The summed E-state index contributed by atoms with van der Waals surface area (Å²) in [6.07, 6.45) is 1.00. The summed E-state index contributed by atoms with van der Waals surface area (Å²) in [7, 11) is 0. The van der Waals surface area contributed by atoms with E-state index < -0.39 is 0 Å². The summed E-state index contributed by atoms with van der Waals surface area (Å²) < 4.78 is 5.86. The molecule has 1 unspecified atom stereocenters. The highest BCUT2D eigenvalue weighted by molar-refractivity contribution is 7.10. The topological polar surface area (TPSA) is 35.2 Å². The Bertz CT molecular complexity index is 749. The standard InChI is InChI=1S/C21H23NOS/c1-16-11-12-24-21(16)13-19(14-22)18-7-9-20(10-8-18)23-15-17-5-3-2-4-6-17/h2-12,19H,13-15,22H2,1H3. The number of rotatable bonds is 7. The fraction of sp³-hybridized carbons (Fsp3) is 0.238. The molecule has 124 valence electrons. The zero-order valence-electron chi connectivity index (χ0n) is 13.9. The summed E-state index contributed by atoms with van der Waals surface area (Å²) in [6.45, 7) is 3.41. The Labute approximate surface area is 147 Å². The molecule has 3 aromatic rings. The van der Waals surface area contributed by atoms with Crippen LogP contribution in [0.1, 0.15) is 27.5 Å². The van der Waals surface area contributed by atoms with E-state index in [0.717, 1.165) is 12.2 Å². The SMILES string of the molecule is Cc1ccsc1CC(CN)c1ccc(OCc2ccccc2)cc1. The van der Waals surface area contributed by atoms with E-state index in [0.29, 0.717) is 19.1 Å². The summed E-state index contributed by atoms with van der Waals surface area (Å²) in [5.41, 5.74) is 9.83. The van der Waals surface area contributed by atoms with Crippen LogP contribution < -0.4 is 10.5 Å². The molecule has 0 aliphatic carbocycles. The minimum atomic E-state index is 0.352. The summed E-state index contributed by atoms with van der Waals surface area (Å²) in [5.74, 6) is 1.25. The molecule has 0 bridgehead atoms. The molecule has 1 aromatic heterocycles. The molecule has 2 aromatic carbocycles. The Morgan fingerprint density at radius 3 is 2.38 bits per heavy atom. The highest BCUT2D eigenvalue weighted by atomic mass is 32.1. The number of nitrogens with two attached hydrogens (primary N) is 1. The molecule has 0 saturated heterocycles. The third kappa shape index (κ3) is 4.25. The predicted octanol–water partition coefficient (Wildman–Crippen LogP) is 4.92. The minimum Gasteiger partial charge on any atom is -0.489 e. The lowest BCUT2D eigenvalue weighted by atomic mass is 9.94. The van der Waals surface area contributed by atoms with Gasteiger partial charge in [-0.3, -0.25) is 0 Å². The van der Waals surface area contributed by atoms with Gasteiger partial charge in [-0.2, -0.15) is 0 Å². The lowest BCUT2D eigenvalue weighted by molar-refractivity contribution is 0.306. The van der Waals surface area contributed by atoms with Crippen molar-refractivity contribution in [3.63, 3.8) is 0 Å². The van der Waals surface area contributed by atoms with Crippen molar-refractivity contribution in [1.82, 2.24) is 0 Å². The van der Waals surface area contributed by atoms with Crippen molar-refractivity contribution in [1.29, 1.82) is 0 Å². The molecule has 1 heterocycles. The Balaban J connectivity index is 1.63. The van der Waals surface area contributed by atoms with Crippen molar-refractivity contribution in [2.45, 2.75) is 25.9 Å². The molecule has 0 radical (unpaired) electrons. The van der Waals surface area contributed by atoms with Gasteiger partial charge in [-0.1, -0.05) is 42.5 Å². The summed E-state index contributed by atoms with van der Waals surface area (Å²) in [4.78, 5) is 1.43. The molecule has 24 heavy (non-hydrogen) atoms. The number of thiophene rings is 1. The molecule has 3 rings (SSSR count). The smallest absolute Gasteiger partial charge is 0.119 e. The molecule has 0 amide bonds. The first-order valence-corrected chi connectivity index (χ1v) is 9.14. The van der Waals surface area contributed by atoms with Gasteiger partial charge in [0, 0.05) is 10.8 Å². The fourth-order valence-electron chi connectivity index (χ4n) is 2.75. The van der Waals surface area contributed by atoms with Crippen molar-refractivity contribution in [3.8, 4) is 5.75 Å². The number of benzene rings is 2. The molecule has 0 spiro atoms. The van der Waals surface area contributed by atoms with Gasteiger partial charge in [0.05, 0.1) is 0 Å². The van der Waals surface area contributed by atoms with E-state index in [1.165, 1.54) is 21.6 Å². The van der Waals surface area contributed by atoms with E-state index in [-0.39, 0.29) is 0 Å². The Kier molecular flexibility index (Phi) is 5.68. The van der Waals surface area contributed by atoms with E-state index in [1.807, 2.05) is 41.7 Å². The van der Waals surface area contributed by atoms with Crippen LogP contribution in [-0.2, 0) is 13.0 Å². The molecular formula is C21H23NOS. The molecule has 3 heteroatoms. The van der Waals surface area contributed by atoms with Crippen LogP contribution in [-0.4, -0.2) is 6.54 Å². The lowest BCUT2D eigenvalue weighted by Gasteiger charge is -2.16. The Morgan fingerprint density at radius 2 is 1.75 bits per heavy atom. The molecule has 0 aliphatic rings. The molecule has 2 N–H and O–H groups in total. The zero-order chi connectivity index (χ0) is 16.8. The average molecular weight is 337 g/mol. The molecule has 0 aliphatic heterocycles. The maximum atomic E-state index is 6.02. The first-order valence-electron chi connectivity index (χ1n) is 8.26. The third-order valence-corrected chi connectivity index (χ3v) is 5.33. The van der Waals surface area contributed by atoms with Gasteiger partial charge < -0.3 is 10.5 Å². The number of hydrogen-bond acceptors (Lipinski definition) is 3. The normalized spacial score (nSPS) is 12.1. The van der Waals surface area contributed by atoms with E-state index in [4.69, 9.17) is 10.5 Å². The van der Waals surface area contributed by atoms with Gasteiger partial charge in [-0.25, -0.2) is 0 Å².